The molecule has 0 bridgehead atoms. The summed E-state index contributed by atoms with van der Waals surface area (Å²) in [6.45, 7) is 8.16. The van der Waals surface area contributed by atoms with Crippen LogP contribution in [0.25, 0.3) is 0 Å². The first-order chi connectivity index (χ1) is 9.37. The van der Waals surface area contributed by atoms with Crippen LogP contribution in [-0.2, 0) is 11.2 Å². The maximum atomic E-state index is 12.4. The fourth-order valence-corrected chi connectivity index (χ4v) is 2.60. The number of rotatable bonds is 2. The van der Waals surface area contributed by atoms with Crippen LogP contribution in [0.5, 0.6) is 0 Å². The second-order valence-corrected chi connectivity index (χ2v) is 6.18. The van der Waals surface area contributed by atoms with Crippen LogP contribution in [0.2, 0.25) is 0 Å². The number of amides is 1. The molecule has 20 heavy (non-hydrogen) atoms. The number of fused-ring (bicyclic) bond motifs is 1. The zero-order chi connectivity index (χ0) is 14.9. The largest absolute Gasteiger partial charge is 0.443 e. The average Bonchev–Trinajstić information content (AvgIpc) is 2.75. The number of benzene rings is 1. The number of aliphatic hydroxyl groups excluding tert-OH is 1. The molecule has 0 saturated heterocycles. The van der Waals surface area contributed by atoms with Gasteiger partial charge in [0.05, 0.1) is 12.3 Å². The van der Waals surface area contributed by atoms with E-state index in [1.54, 1.807) is 4.90 Å². The van der Waals surface area contributed by atoms with E-state index in [-0.39, 0.29) is 18.6 Å². The van der Waals surface area contributed by atoms with Gasteiger partial charge in [-0.15, -0.1) is 0 Å². The molecule has 2 rings (SSSR count). The first-order valence-electron chi connectivity index (χ1n) is 7.10. The van der Waals surface area contributed by atoms with Crippen molar-refractivity contribution in [3.63, 3.8) is 0 Å². The van der Waals surface area contributed by atoms with Crippen molar-refractivity contribution in [2.75, 3.05) is 18.1 Å². The predicted molar refractivity (Wildman–Crippen MR) is 79.2 cm³/mol. The van der Waals surface area contributed by atoms with Crippen molar-refractivity contribution in [2.24, 2.45) is 0 Å². The normalized spacial score (nSPS) is 18.1. The number of hydrogen-bond donors (Lipinski definition) is 1. The Bertz CT molecular complexity index is 505. The van der Waals surface area contributed by atoms with Crippen molar-refractivity contribution in [3.8, 4) is 0 Å². The Labute approximate surface area is 120 Å². The summed E-state index contributed by atoms with van der Waals surface area (Å²) >= 11 is 0. The quantitative estimate of drug-likeness (QED) is 0.903. The van der Waals surface area contributed by atoms with Gasteiger partial charge in [0.2, 0.25) is 0 Å². The van der Waals surface area contributed by atoms with Crippen molar-refractivity contribution >= 4 is 11.8 Å². The predicted octanol–water partition coefficient (Wildman–Crippen LogP) is 3.08. The van der Waals surface area contributed by atoms with Crippen molar-refractivity contribution in [2.45, 2.75) is 45.6 Å². The lowest BCUT2D eigenvalue weighted by Crippen LogP contribution is -2.36. The summed E-state index contributed by atoms with van der Waals surface area (Å²) in [5, 5.41) is 9.53. The number of carbonyl (C=O) groups excluding carboxylic acids is 1. The Morgan fingerprint density at radius 3 is 2.70 bits per heavy atom. The molecule has 1 heterocycles. The molecule has 0 aromatic heterocycles. The van der Waals surface area contributed by atoms with Gasteiger partial charge in [-0.2, -0.15) is 0 Å². The Balaban J connectivity index is 2.37. The van der Waals surface area contributed by atoms with Crippen molar-refractivity contribution in [3.05, 3.63) is 29.3 Å². The van der Waals surface area contributed by atoms with Gasteiger partial charge in [-0.25, -0.2) is 4.79 Å². The number of hydrogen-bond acceptors (Lipinski definition) is 3. The van der Waals surface area contributed by atoms with Gasteiger partial charge in [-0.05, 0) is 38.3 Å². The van der Waals surface area contributed by atoms with E-state index in [0.717, 1.165) is 23.2 Å². The molecule has 0 spiro atoms. The van der Waals surface area contributed by atoms with Crippen molar-refractivity contribution in [1.82, 2.24) is 0 Å². The molecular formula is C16H23NO3. The third kappa shape index (κ3) is 2.80. The maximum Gasteiger partial charge on any atom is 0.414 e. The molecule has 0 fully saturated rings. The Morgan fingerprint density at radius 2 is 2.15 bits per heavy atom. The van der Waals surface area contributed by atoms with Gasteiger partial charge in [0.1, 0.15) is 5.60 Å². The lowest BCUT2D eigenvalue weighted by molar-refractivity contribution is 0.0580. The standard InChI is InChI=1S/C16H23NO3/c1-5-11-7-6-8-13-12(10-18)9-17(14(11)13)15(19)20-16(2,3)4/h6-8,12,18H,5,9-10H2,1-4H3. The number of carbonyl (C=O) groups is 1. The van der Waals surface area contributed by atoms with E-state index in [1.165, 1.54) is 0 Å². The van der Waals surface area contributed by atoms with Crippen LogP contribution in [0.3, 0.4) is 0 Å². The van der Waals surface area contributed by atoms with Gasteiger partial charge >= 0.3 is 6.09 Å². The summed E-state index contributed by atoms with van der Waals surface area (Å²) in [6, 6.07) is 5.99. The molecule has 1 aliphatic rings. The van der Waals surface area contributed by atoms with E-state index < -0.39 is 5.60 Å². The molecule has 110 valence electrons. The van der Waals surface area contributed by atoms with Crippen molar-refractivity contribution < 1.29 is 14.6 Å². The fraction of sp³-hybridized carbons (Fsp3) is 0.562. The van der Waals surface area contributed by atoms with E-state index in [0.29, 0.717) is 6.54 Å². The molecule has 4 heteroatoms. The highest BCUT2D eigenvalue weighted by Crippen LogP contribution is 2.39. The highest BCUT2D eigenvalue weighted by atomic mass is 16.6. The maximum absolute atomic E-state index is 12.4. The SMILES string of the molecule is CCc1cccc2c1N(C(=O)OC(C)(C)C)CC2CO. The van der Waals surface area contributed by atoms with Gasteiger partial charge in [-0.3, -0.25) is 4.90 Å². The van der Waals surface area contributed by atoms with Gasteiger partial charge < -0.3 is 9.84 Å². The van der Waals surface area contributed by atoms with Crippen LogP contribution in [-0.4, -0.2) is 30.0 Å². The number of ether oxygens (including phenoxy) is 1. The Hall–Kier alpha value is -1.55. The third-order valence-electron chi connectivity index (χ3n) is 3.48. The monoisotopic (exact) mass is 277 g/mol. The van der Waals surface area contributed by atoms with E-state index >= 15 is 0 Å². The Morgan fingerprint density at radius 1 is 1.45 bits per heavy atom. The lowest BCUT2D eigenvalue weighted by atomic mass is 9.99. The minimum atomic E-state index is -0.518. The topological polar surface area (TPSA) is 49.8 Å². The van der Waals surface area contributed by atoms with Gasteiger partial charge in [0.15, 0.2) is 0 Å². The van der Waals surface area contributed by atoms with Crippen LogP contribution in [0, 0.1) is 0 Å². The molecule has 1 N–H and O–H groups in total. The number of aryl methyl sites for hydroxylation is 1. The summed E-state index contributed by atoms with van der Waals surface area (Å²) in [6.07, 6.45) is 0.510. The second-order valence-electron chi connectivity index (χ2n) is 6.18. The number of anilines is 1. The van der Waals surface area contributed by atoms with Crippen LogP contribution in [0.15, 0.2) is 18.2 Å². The van der Waals surface area contributed by atoms with Crippen LogP contribution in [0.1, 0.15) is 44.7 Å². The molecule has 1 aromatic carbocycles. The van der Waals surface area contributed by atoms with E-state index in [1.807, 2.05) is 39.0 Å². The molecule has 1 atom stereocenters. The third-order valence-corrected chi connectivity index (χ3v) is 3.48. The molecule has 0 radical (unpaired) electrons. The van der Waals surface area contributed by atoms with E-state index in [4.69, 9.17) is 4.74 Å². The fourth-order valence-electron chi connectivity index (χ4n) is 2.60. The van der Waals surface area contributed by atoms with Gasteiger partial charge in [0, 0.05) is 12.5 Å². The Kier molecular flexibility index (Phi) is 4.04. The minimum absolute atomic E-state index is 0.0241. The smallest absolute Gasteiger partial charge is 0.414 e. The molecule has 0 aliphatic carbocycles. The summed E-state index contributed by atoms with van der Waals surface area (Å²) in [5.41, 5.74) is 2.56. The van der Waals surface area contributed by atoms with Crippen LogP contribution >= 0.6 is 0 Å². The van der Waals surface area contributed by atoms with Crippen LogP contribution < -0.4 is 4.90 Å². The zero-order valence-corrected chi connectivity index (χ0v) is 12.6. The minimum Gasteiger partial charge on any atom is -0.443 e. The van der Waals surface area contributed by atoms with Crippen molar-refractivity contribution in [1.29, 1.82) is 0 Å². The lowest BCUT2D eigenvalue weighted by Gasteiger charge is -2.26. The molecule has 4 nitrogen and oxygen atoms in total. The van der Waals surface area contributed by atoms with Gasteiger partial charge in [0.25, 0.3) is 0 Å². The summed E-state index contributed by atoms with van der Waals surface area (Å²) in [4.78, 5) is 14.0. The highest BCUT2D eigenvalue weighted by molar-refractivity contribution is 5.92. The summed E-state index contributed by atoms with van der Waals surface area (Å²) in [5.74, 6) is -0.0241. The number of para-hydroxylation sites is 1. The average molecular weight is 277 g/mol. The number of nitrogens with zero attached hydrogens (tertiary/aromatic N) is 1. The first-order valence-corrected chi connectivity index (χ1v) is 7.10. The van der Waals surface area contributed by atoms with Gasteiger partial charge in [-0.1, -0.05) is 25.1 Å². The molecule has 1 aliphatic heterocycles. The molecular weight excluding hydrogens is 254 g/mol. The molecule has 1 amide bonds. The first kappa shape index (κ1) is 14.9. The number of aliphatic hydroxyl groups is 1. The molecule has 0 saturated carbocycles. The zero-order valence-electron chi connectivity index (χ0n) is 12.6. The van der Waals surface area contributed by atoms with E-state index in [9.17, 15) is 9.90 Å². The highest BCUT2D eigenvalue weighted by Gasteiger charge is 2.35. The molecule has 1 unspecified atom stereocenters. The van der Waals surface area contributed by atoms with E-state index in [2.05, 4.69) is 6.92 Å². The summed E-state index contributed by atoms with van der Waals surface area (Å²) in [7, 11) is 0. The second kappa shape index (κ2) is 5.44. The molecule has 1 aromatic rings. The summed E-state index contributed by atoms with van der Waals surface area (Å²) < 4.78 is 5.48. The van der Waals surface area contributed by atoms with Crippen LogP contribution in [0.4, 0.5) is 10.5 Å².